The number of carbonyl (C=O) groups is 1. The Kier molecular flexibility index (Phi) is 6.18. The molecule has 188 valence electrons. The zero-order valence-electron chi connectivity index (χ0n) is 18.7. The van der Waals surface area contributed by atoms with Gasteiger partial charge in [0.25, 0.3) is 5.91 Å². The highest BCUT2D eigenvalue weighted by Crippen LogP contribution is 2.55. The summed E-state index contributed by atoms with van der Waals surface area (Å²) in [5, 5.41) is 15.7. The smallest absolute Gasteiger partial charge is 0.417 e. The number of nitrogens with one attached hydrogen (secondary N) is 1. The number of anilines is 1. The van der Waals surface area contributed by atoms with Crippen LogP contribution in [-0.4, -0.2) is 50.6 Å². The Morgan fingerprint density at radius 2 is 2.00 bits per heavy atom. The molecule has 13 heteroatoms. The topological polar surface area (TPSA) is 98.0 Å². The van der Waals surface area contributed by atoms with Crippen molar-refractivity contribution in [3.05, 3.63) is 53.5 Å². The summed E-state index contributed by atoms with van der Waals surface area (Å²) in [6.07, 6.45) is -5.24. The van der Waals surface area contributed by atoms with E-state index in [1.807, 2.05) is 0 Å². The van der Waals surface area contributed by atoms with E-state index in [0.29, 0.717) is 5.65 Å². The number of rotatable bonds is 5. The third-order valence-electron chi connectivity index (χ3n) is 6.35. The second kappa shape index (κ2) is 8.72. The Hall–Kier alpha value is -3.32. The molecule has 0 saturated carbocycles. The van der Waals surface area contributed by atoms with Crippen LogP contribution in [0.15, 0.2) is 30.5 Å². The summed E-state index contributed by atoms with van der Waals surface area (Å²) in [4.78, 5) is 17.2. The van der Waals surface area contributed by atoms with Gasteiger partial charge in [-0.3, -0.25) is 4.79 Å². The molecule has 35 heavy (non-hydrogen) atoms. The molecule has 1 aromatic carbocycles. The number of hydrogen-bond donors (Lipinski definition) is 2. The highest BCUT2D eigenvalue weighted by molar-refractivity contribution is 5.95. The summed E-state index contributed by atoms with van der Waals surface area (Å²) >= 11 is 0. The number of aromatic nitrogens is 3. The Morgan fingerprint density at radius 3 is 2.63 bits per heavy atom. The summed E-state index contributed by atoms with van der Waals surface area (Å²) in [7, 11) is 1.05. The van der Waals surface area contributed by atoms with E-state index in [1.165, 1.54) is 29.8 Å². The lowest BCUT2D eigenvalue weighted by Gasteiger charge is -2.32. The predicted molar refractivity (Wildman–Crippen MR) is 112 cm³/mol. The molecule has 0 bridgehead atoms. The number of halogens is 5. The van der Waals surface area contributed by atoms with Gasteiger partial charge in [-0.1, -0.05) is 13.0 Å². The van der Waals surface area contributed by atoms with Gasteiger partial charge in [-0.05, 0) is 25.1 Å². The Labute approximate surface area is 195 Å². The van der Waals surface area contributed by atoms with Crippen molar-refractivity contribution in [2.24, 2.45) is 5.92 Å². The van der Waals surface area contributed by atoms with Gasteiger partial charge in [0.05, 0.1) is 19.0 Å². The number of fused-ring (bicyclic) bond motifs is 1. The van der Waals surface area contributed by atoms with E-state index in [4.69, 9.17) is 9.47 Å². The van der Waals surface area contributed by atoms with Gasteiger partial charge < -0.3 is 19.9 Å². The monoisotopic (exact) mass is 500 g/mol. The average Bonchev–Trinajstić information content (AvgIpc) is 3.34. The van der Waals surface area contributed by atoms with E-state index in [2.05, 4.69) is 15.4 Å². The maximum absolute atomic E-state index is 14.4. The van der Waals surface area contributed by atoms with E-state index >= 15 is 0 Å². The fourth-order valence-corrected chi connectivity index (χ4v) is 4.32. The number of ether oxygens (including phenoxy) is 2. The average molecular weight is 500 g/mol. The quantitative estimate of drug-likeness (QED) is 0.520. The van der Waals surface area contributed by atoms with Crippen molar-refractivity contribution >= 4 is 17.2 Å². The number of aliphatic hydroxyl groups is 1. The molecule has 2 aromatic heterocycles. The number of hydrogen-bond acceptors (Lipinski definition) is 6. The van der Waals surface area contributed by atoms with Crippen molar-refractivity contribution in [3.63, 3.8) is 0 Å². The number of methoxy groups -OCH3 is 1. The normalized spacial score (nSPS) is 24.7. The van der Waals surface area contributed by atoms with Gasteiger partial charge in [0.2, 0.25) is 5.82 Å². The van der Waals surface area contributed by atoms with E-state index in [-0.39, 0.29) is 17.1 Å². The molecule has 1 fully saturated rings. The van der Waals surface area contributed by atoms with Crippen LogP contribution in [-0.2, 0) is 16.1 Å². The van der Waals surface area contributed by atoms with E-state index in [9.17, 15) is 31.9 Å². The molecule has 0 radical (unpaired) electrons. The molecule has 8 nitrogen and oxygen atoms in total. The summed E-state index contributed by atoms with van der Waals surface area (Å²) in [6.45, 7) is 1.62. The van der Waals surface area contributed by atoms with Crippen LogP contribution in [0, 0.1) is 17.6 Å². The van der Waals surface area contributed by atoms with Crippen molar-refractivity contribution in [3.8, 4) is 5.75 Å². The van der Waals surface area contributed by atoms with Crippen molar-refractivity contribution in [1.82, 2.24) is 14.6 Å². The number of pyridine rings is 1. The van der Waals surface area contributed by atoms with Gasteiger partial charge in [-0.15, -0.1) is 5.10 Å². The molecule has 3 aromatic rings. The predicted octanol–water partition coefficient (Wildman–Crippen LogP) is 3.59. The molecule has 4 rings (SSSR count). The first-order chi connectivity index (χ1) is 16.4. The molecule has 1 aliphatic rings. The third kappa shape index (κ3) is 4.08. The van der Waals surface area contributed by atoms with Gasteiger partial charge >= 0.3 is 6.18 Å². The molecule has 1 saturated heterocycles. The Morgan fingerprint density at radius 1 is 1.29 bits per heavy atom. The molecule has 0 unspecified atom stereocenters. The highest BCUT2D eigenvalue weighted by Gasteiger charge is 2.65. The Bertz CT molecular complexity index is 1280. The van der Waals surface area contributed by atoms with Crippen LogP contribution in [0.25, 0.3) is 5.65 Å². The van der Waals surface area contributed by atoms with Gasteiger partial charge in [-0.2, -0.15) is 17.6 Å². The van der Waals surface area contributed by atoms with E-state index < -0.39 is 59.6 Å². The van der Waals surface area contributed by atoms with Gasteiger partial charge in [-0.25, -0.2) is 13.9 Å². The van der Waals surface area contributed by atoms with Crippen LogP contribution in [0.4, 0.5) is 27.6 Å². The lowest BCUT2D eigenvalue weighted by molar-refractivity contribution is -0.272. The van der Waals surface area contributed by atoms with Gasteiger partial charge in [0.15, 0.2) is 28.6 Å². The third-order valence-corrected chi connectivity index (χ3v) is 6.35. The molecule has 4 atom stereocenters. The number of aliphatic hydroxyl groups excluding tert-OH is 1. The maximum Gasteiger partial charge on any atom is 0.417 e. The SMILES string of the molecule is COc1c([C@H]2[C@H](C(=O)Nc3ccc4nc(CO)nn4c3)O[C@@](C)(C(F)(F)F)[C@H]2C)ccc(F)c1F. The van der Waals surface area contributed by atoms with Crippen molar-refractivity contribution in [1.29, 1.82) is 0 Å². The molecular weight excluding hydrogens is 479 g/mol. The van der Waals surface area contributed by atoms with Crippen LogP contribution in [0.1, 0.15) is 31.2 Å². The first-order valence-electron chi connectivity index (χ1n) is 10.4. The Balaban J connectivity index is 1.74. The zero-order chi connectivity index (χ0) is 25.7. The standard InChI is InChI=1S/C22H21F5N4O4/c1-10-16(12-5-6-13(23)17(24)18(12)34-3)19(35-21(10,2)22(25,26)27)20(33)28-11-4-7-15-29-14(9-32)30-31(15)8-11/h4-8,10,16,19,32H,9H2,1-3H3,(H,28,33)/t10-,16-,19+,21+/m0/s1. The summed E-state index contributed by atoms with van der Waals surface area (Å²) in [6, 6.07) is 4.77. The van der Waals surface area contributed by atoms with E-state index in [1.54, 1.807) is 0 Å². The fraction of sp³-hybridized carbons (Fsp3) is 0.409. The minimum absolute atomic E-state index is 0.132. The molecule has 0 aliphatic carbocycles. The summed E-state index contributed by atoms with van der Waals surface area (Å²) in [5.41, 5.74) is -2.37. The van der Waals surface area contributed by atoms with Crippen LogP contribution >= 0.6 is 0 Å². The van der Waals surface area contributed by atoms with Crippen LogP contribution in [0.2, 0.25) is 0 Å². The molecule has 1 aliphatic heterocycles. The number of carbonyl (C=O) groups excluding carboxylic acids is 1. The highest BCUT2D eigenvalue weighted by atomic mass is 19.4. The minimum Gasteiger partial charge on any atom is -0.493 e. The summed E-state index contributed by atoms with van der Waals surface area (Å²) < 4.78 is 81.9. The zero-order valence-corrected chi connectivity index (χ0v) is 18.7. The number of nitrogens with zero attached hydrogens (tertiary/aromatic N) is 3. The maximum atomic E-state index is 14.4. The number of alkyl halides is 3. The molecule has 3 heterocycles. The lowest BCUT2D eigenvalue weighted by Crippen LogP contribution is -2.47. The van der Waals surface area contributed by atoms with Crippen LogP contribution < -0.4 is 10.1 Å². The van der Waals surface area contributed by atoms with Crippen LogP contribution in [0.5, 0.6) is 5.75 Å². The second-order valence-electron chi connectivity index (χ2n) is 8.34. The van der Waals surface area contributed by atoms with Crippen molar-refractivity contribution in [2.75, 3.05) is 12.4 Å². The van der Waals surface area contributed by atoms with Gasteiger partial charge in [0.1, 0.15) is 12.7 Å². The van der Waals surface area contributed by atoms with Crippen molar-refractivity contribution in [2.45, 2.75) is 44.3 Å². The summed E-state index contributed by atoms with van der Waals surface area (Å²) in [5.74, 6) is -6.75. The number of amides is 1. The number of benzene rings is 1. The molecular formula is C22H21F5N4O4. The first kappa shape index (κ1) is 24.8. The van der Waals surface area contributed by atoms with Crippen molar-refractivity contribution < 1.29 is 41.3 Å². The van der Waals surface area contributed by atoms with Gasteiger partial charge in [0, 0.05) is 17.4 Å². The van der Waals surface area contributed by atoms with E-state index in [0.717, 1.165) is 26.2 Å². The second-order valence-corrected chi connectivity index (χ2v) is 8.34. The molecule has 1 amide bonds. The largest absolute Gasteiger partial charge is 0.493 e. The van der Waals surface area contributed by atoms with Crippen LogP contribution in [0.3, 0.4) is 0 Å². The lowest BCUT2D eigenvalue weighted by atomic mass is 9.77. The fourth-order valence-electron chi connectivity index (χ4n) is 4.32. The molecule has 2 N–H and O–H groups in total. The first-order valence-corrected chi connectivity index (χ1v) is 10.4. The molecule has 0 spiro atoms. The minimum atomic E-state index is -4.87.